The molecule has 0 radical (unpaired) electrons. The van der Waals surface area contributed by atoms with Gasteiger partial charge in [0.25, 0.3) is 0 Å². The fourth-order valence-electron chi connectivity index (χ4n) is 3.24. The monoisotopic (exact) mass is 406 g/mol. The molecule has 0 spiro atoms. The van der Waals surface area contributed by atoms with Crippen molar-refractivity contribution in [2.24, 2.45) is 4.99 Å². The highest BCUT2D eigenvalue weighted by atomic mass is 16.5. The third-order valence-corrected chi connectivity index (χ3v) is 4.56. The summed E-state index contributed by atoms with van der Waals surface area (Å²) in [6.07, 6.45) is 1.73. The molecule has 0 unspecified atom stereocenters. The van der Waals surface area contributed by atoms with E-state index in [1.54, 1.807) is 6.20 Å². The summed E-state index contributed by atoms with van der Waals surface area (Å²) in [7, 11) is 0. The summed E-state index contributed by atoms with van der Waals surface area (Å²) in [5.41, 5.74) is 5.29. The van der Waals surface area contributed by atoms with E-state index in [1.165, 1.54) is 0 Å². The van der Waals surface area contributed by atoms with Crippen LogP contribution >= 0.6 is 0 Å². The van der Waals surface area contributed by atoms with Gasteiger partial charge in [-0.1, -0.05) is 24.3 Å². The second kappa shape index (κ2) is 10.4. The molecule has 2 N–H and O–H groups in total. The molecule has 30 heavy (non-hydrogen) atoms. The Kier molecular flexibility index (Phi) is 7.43. The lowest BCUT2D eigenvalue weighted by molar-refractivity contribution is 0.323. The molecule has 0 saturated carbocycles. The maximum Gasteiger partial charge on any atom is 0.218 e. The number of pyridine rings is 1. The Balaban J connectivity index is 1.76. The van der Waals surface area contributed by atoms with Crippen LogP contribution in [0.25, 0.3) is 5.69 Å². The Hall–Kier alpha value is -3.35. The molecule has 7 nitrogen and oxygen atoms in total. The molecule has 0 saturated heterocycles. The normalized spacial score (nSPS) is 11.4. The topological polar surface area (TPSA) is 76.4 Å². The zero-order valence-electron chi connectivity index (χ0n) is 18.1. The van der Waals surface area contributed by atoms with Gasteiger partial charge in [0.15, 0.2) is 5.96 Å². The number of para-hydroxylation sites is 1. The number of rotatable bonds is 8. The minimum atomic E-state index is 0.484. The zero-order chi connectivity index (χ0) is 21.3. The summed E-state index contributed by atoms with van der Waals surface area (Å²) in [5, 5.41) is 11.4. The van der Waals surface area contributed by atoms with E-state index < -0.39 is 0 Å². The molecule has 7 heteroatoms. The van der Waals surface area contributed by atoms with Gasteiger partial charge in [0.1, 0.15) is 0 Å². The number of benzene rings is 1. The quantitative estimate of drug-likeness (QED) is 0.442. The van der Waals surface area contributed by atoms with E-state index in [1.807, 2.05) is 42.8 Å². The predicted molar refractivity (Wildman–Crippen MR) is 120 cm³/mol. The van der Waals surface area contributed by atoms with Crippen molar-refractivity contribution in [3.63, 3.8) is 0 Å². The molecule has 0 aliphatic rings. The van der Waals surface area contributed by atoms with Crippen molar-refractivity contribution in [3.05, 3.63) is 71.2 Å². The number of aromatic nitrogens is 3. The summed E-state index contributed by atoms with van der Waals surface area (Å²) in [4.78, 5) is 9.02. The van der Waals surface area contributed by atoms with Gasteiger partial charge in [-0.3, -0.25) is 0 Å². The Labute approximate surface area is 178 Å². The van der Waals surface area contributed by atoms with Crippen LogP contribution in [0.3, 0.4) is 0 Å². The molecule has 0 aliphatic carbocycles. The Morgan fingerprint density at radius 1 is 1.07 bits per heavy atom. The van der Waals surface area contributed by atoms with Crippen molar-refractivity contribution in [2.45, 2.75) is 40.8 Å². The Morgan fingerprint density at radius 2 is 1.87 bits per heavy atom. The van der Waals surface area contributed by atoms with Crippen molar-refractivity contribution in [1.29, 1.82) is 0 Å². The number of guanidine groups is 1. The first kappa shape index (κ1) is 21.4. The molecular weight excluding hydrogens is 376 g/mol. The average molecular weight is 407 g/mol. The lowest BCUT2D eigenvalue weighted by atomic mass is 10.1. The minimum absolute atomic E-state index is 0.484. The second-order valence-corrected chi connectivity index (χ2v) is 6.92. The Morgan fingerprint density at radius 3 is 2.60 bits per heavy atom. The van der Waals surface area contributed by atoms with E-state index in [2.05, 4.69) is 52.8 Å². The first-order chi connectivity index (χ1) is 14.6. The van der Waals surface area contributed by atoms with Crippen LogP contribution in [0.4, 0.5) is 0 Å². The van der Waals surface area contributed by atoms with Crippen molar-refractivity contribution in [3.8, 4) is 11.6 Å². The van der Waals surface area contributed by atoms with Gasteiger partial charge in [-0.05, 0) is 51.5 Å². The number of hydrogen-bond donors (Lipinski definition) is 2. The number of aryl methyl sites for hydroxylation is 2. The lowest BCUT2D eigenvalue weighted by Crippen LogP contribution is -2.37. The van der Waals surface area contributed by atoms with Crippen LogP contribution in [0.1, 0.15) is 36.4 Å². The van der Waals surface area contributed by atoms with Gasteiger partial charge in [0.05, 0.1) is 24.5 Å². The van der Waals surface area contributed by atoms with E-state index >= 15 is 0 Å². The Bertz CT molecular complexity index is 995. The summed E-state index contributed by atoms with van der Waals surface area (Å²) < 4.78 is 7.59. The molecule has 158 valence electrons. The summed E-state index contributed by atoms with van der Waals surface area (Å²) in [5.74, 6) is 1.38. The van der Waals surface area contributed by atoms with Crippen LogP contribution in [0, 0.1) is 13.8 Å². The van der Waals surface area contributed by atoms with Gasteiger partial charge in [0.2, 0.25) is 5.88 Å². The highest BCUT2D eigenvalue weighted by Gasteiger charge is 2.10. The largest absolute Gasteiger partial charge is 0.478 e. The highest BCUT2D eigenvalue weighted by molar-refractivity contribution is 5.79. The van der Waals surface area contributed by atoms with Crippen LogP contribution < -0.4 is 15.4 Å². The smallest absolute Gasteiger partial charge is 0.218 e. The molecular formula is C23H30N6O. The molecule has 2 aromatic heterocycles. The van der Waals surface area contributed by atoms with Crippen molar-refractivity contribution >= 4 is 5.96 Å². The number of nitrogens with zero attached hydrogens (tertiary/aromatic N) is 4. The number of nitrogens with one attached hydrogen (secondary N) is 2. The summed E-state index contributed by atoms with van der Waals surface area (Å²) >= 11 is 0. The van der Waals surface area contributed by atoms with Crippen LogP contribution in [-0.2, 0) is 13.1 Å². The highest BCUT2D eigenvalue weighted by Crippen LogP contribution is 2.17. The molecule has 0 fully saturated rings. The zero-order valence-corrected chi connectivity index (χ0v) is 18.1. The van der Waals surface area contributed by atoms with E-state index in [4.69, 9.17) is 9.73 Å². The predicted octanol–water partition coefficient (Wildman–Crippen LogP) is 3.54. The van der Waals surface area contributed by atoms with Gasteiger partial charge in [-0.25, -0.2) is 14.7 Å². The van der Waals surface area contributed by atoms with Crippen LogP contribution in [0.5, 0.6) is 5.88 Å². The molecule has 3 rings (SSSR count). The first-order valence-electron chi connectivity index (χ1n) is 10.3. The van der Waals surface area contributed by atoms with E-state index in [0.717, 1.165) is 40.7 Å². The lowest BCUT2D eigenvalue weighted by Gasteiger charge is -2.15. The second-order valence-electron chi connectivity index (χ2n) is 6.92. The van der Waals surface area contributed by atoms with Crippen molar-refractivity contribution in [2.75, 3.05) is 13.2 Å². The third kappa shape index (κ3) is 5.37. The molecule has 3 aromatic rings. The van der Waals surface area contributed by atoms with Crippen molar-refractivity contribution < 1.29 is 4.74 Å². The maximum absolute atomic E-state index is 5.61. The van der Waals surface area contributed by atoms with Crippen LogP contribution in [0.2, 0.25) is 0 Å². The number of ether oxygens (including phenoxy) is 1. The van der Waals surface area contributed by atoms with Gasteiger partial charge in [0, 0.05) is 30.5 Å². The van der Waals surface area contributed by atoms with Gasteiger partial charge < -0.3 is 15.4 Å². The van der Waals surface area contributed by atoms with Gasteiger partial charge in [-0.15, -0.1) is 0 Å². The maximum atomic E-state index is 5.61. The summed E-state index contributed by atoms with van der Waals surface area (Å²) in [6.45, 7) is 10.5. The van der Waals surface area contributed by atoms with Gasteiger partial charge >= 0.3 is 0 Å². The van der Waals surface area contributed by atoms with E-state index in [9.17, 15) is 0 Å². The van der Waals surface area contributed by atoms with Crippen molar-refractivity contribution in [1.82, 2.24) is 25.4 Å². The molecule has 1 aromatic carbocycles. The minimum Gasteiger partial charge on any atom is -0.478 e. The molecule has 2 heterocycles. The van der Waals surface area contributed by atoms with Crippen LogP contribution in [-0.4, -0.2) is 33.9 Å². The number of aliphatic imine (C=N–C) groups is 1. The SMILES string of the molecule is CCNC(=NCc1cccnc1OCC)NCc1ccccc1-n1nc(C)cc1C. The third-order valence-electron chi connectivity index (χ3n) is 4.56. The van der Waals surface area contributed by atoms with E-state index in [-0.39, 0.29) is 0 Å². The molecule has 0 bridgehead atoms. The van der Waals surface area contributed by atoms with Gasteiger partial charge in [-0.2, -0.15) is 5.10 Å². The molecule has 0 amide bonds. The standard InChI is InChI=1S/C23H30N6O/c1-5-24-23(27-16-20-11-9-13-25-22(20)30-6-2)26-15-19-10-7-8-12-21(19)29-18(4)14-17(3)28-29/h7-14H,5-6,15-16H2,1-4H3,(H2,24,26,27). The fraction of sp³-hybridized carbons (Fsp3) is 0.348. The first-order valence-corrected chi connectivity index (χ1v) is 10.3. The average Bonchev–Trinajstić information content (AvgIpc) is 3.09. The van der Waals surface area contributed by atoms with E-state index in [0.29, 0.717) is 25.6 Å². The van der Waals surface area contributed by atoms with Crippen LogP contribution in [0.15, 0.2) is 53.7 Å². The number of hydrogen-bond acceptors (Lipinski definition) is 4. The summed E-state index contributed by atoms with van der Waals surface area (Å²) in [6, 6.07) is 14.2. The fourth-order valence-corrected chi connectivity index (χ4v) is 3.24. The molecule has 0 atom stereocenters. The molecule has 0 aliphatic heterocycles.